The Labute approximate surface area is 124 Å². The van der Waals surface area contributed by atoms with Crippen LogP contribution in [0.25, 0.3) is 0 Å². The van der Waals surface area contributed by atoms with Gasteiger partial charge in [0, 0.05) is 32.6 Å². The number of carbonyl (C=O) groups is 3. The molecule has 2 fully saturated rings. The molecule has 2 rings (SSSR count). The van der Waals surface area contributed by atoms with Crippen molar-refractivity contribution >= 4 is 17.9 Å². The van der Waals surface area contributed by atoms with Crippen LogP contribution in [-0.4, -0.2) is 65.5 Å². The van der Waals surface area contributed by atoms with Crippen molar-refractivity contribution in [3.8, 4) is 0 Å². The second-order valence-corrected chi connectivity index (χ2v) is 5.79. The minimum absolute atomic E-state index is 0.0907. The molecule has 2 aliphatic heterocycles. The minimum atomic E-state index is -0.789. The summed E-state index contributed by atoms with van der Waals surface area (Å²) in [6.07, 6.45) is 3.40. The summed E-state index contributed by atoms with van der Waals surface area (Å²) in [7, 11) is 0. The summed E-state index contributed by atoms with van der Waals surface area (Å²) in [5, 5.41) is 11.5. The van der Waals surface area contributed by atoms with Crippen molar-refractivity contribution in [2.24, 2.45) is 5.92 Å². The maximum atomic E-state index is 12.5. The van der Waals surface area contributed by atoms with Gasteiger partial charge >= 0.3 is 12.0 Å². The number of amides is 3. The highest BCUT2D eigenvalue weighted by atomic mass is 16.4. The van der Waals surface area contributed by atoms with Crippen LogP contribution in [0.1, 0.15) is 32.1 Å². The molecule has 2 N–H and O–H groups in total. The van der Waals surface area contributed by atoms with Crippen LogP contribution in [0.3, 0.4) is 0 Å². The quantitative estimate of drug-likeness (QED) is 0.794. The standard InChI is InChI=1S/C14H23N3O4/c18-12-10-17(8-2-6-15-12)14(21)16-7-1-3-11(9-16)4-5-13(19)20/h11H,1-10H2,(H,15,18)(H,19,20). The third-order valence-electron chi connectivity index (χ3n) is 4.09. The number of rotatable bonds is 3. The monoisotopic (exact) mass is 297 g/mol. The molecule has 0 aromatic rings. The number of carboxylic acid groups (broad SMARTS) is 1. The number of likely N-dealkylation sites (tertiary alicyclic amines) is 1. The Morgan fingerprint density at radius 3 is 2.76 bits per heavy atom. The van der Waals surface area contributed by atoms with Crippen LogP contribution in [0.5, 0.6) is 0 Å². The molecule has 21 heavy (non-hydrogen) atoms. The van der Waals surface area contributed by atoms with E-state index in [2.05, 4.69) is 5.32 Å². The van der Waals surface area contributed by atoms with E-state index in [0.29, 0.717) is 32.6 Å². The number of carbonyl (C=O) groups excluding carboxylic acids is 2. The molecule has 7 nitrogen and oxygen atoms in total. The zero-order valence-electron chi connectivity index (χ0n) is 12.2. The lowest BCUT2D eigenvalue weighted by Crippen LogP contribution is -2.49. The van der Waals surface area contributed by atoms with E-state index in [1.165, 1.54) is 0 Å². The first-order valence-corrected chi connectivity index (χ1v) is 7.58. The number of hydrogen-bond acceptors (Lipinski definition) is 3. The first kappa shape index (κ1) is 15.6. The summed E-state index contributed by atoms with van der Waals surface area (Å²) < 4.78 is 0. The fourth-order valence-corrected chi connectivity index (χ4v) is 2.97. The molecule has 2 heterocycles. The topological polar surface area (TPSA) is 89.9 Å². The van der Waals surface area contributed by atoms with E-state index in [1.54, 1.807) is 9.80 Å². The van der Waals surface area contributed by atoms with E-state index in [4.69, 9.17) is 5.11 Å². The molecule has 0 aliphatic carbocycles. The number of hydrogen-bond donors (Lipinski definition) is 2. The van der Waals surface area contributed by atoms with Crippen molar-refractivity contribution in [2.45, 2.75) is 32.1 Å². The Kier molecular flexibility index (Phi) is 5.41. The highest BCUT2D eigenvalue weighted by Crippen LogP contribution is 2.22. The van der Waals surface area contributed by atoms with Crippen LogP contribution in [0.4, 0.5) is 4.79 Å². The Balaban J connectivity index is 1.88. The lowest BCUT2D eigenvalue weighted by atomic mass is 9.93. The smallest absolute Gasteiger partial charge is 0.320 e. The summed E-state index contributed by atoms with van der Waals surface area (Å²) in [6, 6.07) is -0.0907. The molecule has 0 saturated carbocycles. The van der Waals surface area contributed by atoms with Gasteiger partial charge in [0.05, 0.1) is 0 Å². The normalized spacial score (nSPS) is 23.4. The van der Waals surface area contributed by atoms with E-state index >= 15 is 0 Å². The molecule has 0 aromatic heterocycles. The van der Waals surface area contributed by atoms with E-state index in [1.807, 2.05) is 0 Å². The van der Waals surface area contributed by atoms with Crippen molar-refractivity contribution in [2.75, 3.05) is 32.7 Å². The average molecular weight is 297 g/mol. The van der Waals surface area contributed by atoms with E-state index in [9.17, 15) is 14.4 Å². The van der Waals surface area contributed by atoms with Gasteiger partial charge in [0.15, 0.2) is 0 Å². The minimum Gasteiger partial charge on any atom is -0.481 e. The van der Waals surface area contributed by atoms with E-state index < -0.39 is 5.97 Å². The zero-order valence-corrected chi connectivity index (χ0v) is 12.2. The van der Waals surface area contributed by atoms with Crippen LogP contribution < -0.4 is 5.32 Å². The molecule has 0 radical (unpaired) electrons. The molecule has 0 spiro atoms. The Hall–Kier alpha value is -1.79. The first-order valence-electron chi connectivity index (χ1n) is 7.58. The van der Waals surface area contributed by atoms with Crippen molar-refractivity contribution in [3.63, 3.8) is 0 Å². The highest BCUT2D eigenvalue weighted by molar-refractivity contribution is 5.84. The predicted octanol–water partition coefficient (Wildman–Crippen LogP) is 0.505. The molecule has 2 saturated heterocycles. The highest BCUT2D eigenvalue weighted by Gasteiger charge is 2.28. The lowest BCUT2D eigenvalue weighted by Gasteiger charge is -2.35. The molecule has 0 aromatic carbocycles. The number of carboxylic acids is 1. The number of nitrogens with one attached hydrogen (secondary N) is 1. The second-order valence-electron chi connectivity index (χ2n) is 5.79. The number of nitrogens with zero attached hydrogens (tertiary/aromatic N) is 2. The van der Waals surface area contributed by atoms with Crippen LogP contribution >= 0.6 is 0 Å². The Morgan fingerprint density at radius 2 is 2.00 bits per heavy atom. The van der Waals surface area contributed by atoms with Crippen LogP contribution in [0, 0.1) is 5.92 Å². The van der Waals surface area contributed by atoms with Crippen molar-refractivity contribution < 1.29 is 19.5 Å². The van der Waals surface area contributed by atoms with Crippen LogP contribution in [-0.2, 0) is 9.59 Å². The molecule has 118 valence electrons. The zero-order chi connectivity index (χ0) is 15.2. The average Bonchev–Trinajstić information content (AvgIpc) is 2.69. The Bertz CT molecular complexity index is 413. The summed E-state index contributed by atoms with van der Waals surface area (Å²) in [5.74, 6) is -0.650. The van der Waals surface area contributed by atoms with Gasteiger partial charge in [-0.1, -0.05) is 0 Å². The van der Waals surface area contributed by atoms with Crippen LogP contribution in [0.2, 0.25) is 0 Å². The number of piperidine rings is 1. The molecule has 1 atom stereocenters. The van der Waals surface area contributed by atoms with Crippen molar-refractivity contribution in [3.05, 3.63) is 0 Å². The van der Waals surface area contributed by atoms with Crippen molar-refractivity contribution in [1.29, 1.82) is 0 Å². The molecule has 2 aliphatic rings. The first-order chi connectivity index (χ1) is 10.1. The van der Waals surface area contributed by atoms with Gasteiger partial charge in [-0.15, -0.1) is 0 Å². The van der Waals surface area contributed by atoms with Crippen molar-refractivity contribution in [1.82, 2.24) is 15.1 Å². The van der Waals surface area contributed by atoms with Gasteiger partial charge in [0.2, 0.25) is 5.91 Å². The number of urea groups is 1. The van der Waals surface area contributed by atoms with Gasteiger partial charge in [0.1, 0.15) is 6.54 Å². The predicted molar refractivity (Wildman–Crippen MR) is 75.8 cm³/mol. The SMILES string of the molecule is O=C(O)CCC1CCCN(C(=O)N2CCCNC(=O)C2)C1. The van der Waals surface area contributed by atoms with Gasteiger partial charge in [0.25, 0.3) is 0 Å². The van der Waals surface area contributed by atoms with Gasteiger partial charge in [-0.3, -0.25) is 9.59 Å². The molecule has 3 amide bonds. The third-order valence-corrected chi connectivity index (χ3v) is 4.09. The molecule has 1 unspecified atom stereocenters. The molecule has 7 heteroatoms. The maximum absolute atomic E-state index is 12.5. The van der Waals surface area contributed by atoms with Gasteiger partial charge in [-0.05, 0) is 31.6 Å². The summed E-state index contributed by atoms with van der Waals surface area (Å²) >= 11 is 0. The molecule has 0 bridgehead atoms. The largest absolute Gasteiger partial charge is 0.481 e. The molecular weight excluding hydrogens is 274 g/mol. The van der Waals surface area contributed by atoms with Gasteiger partial charge < -0.3 is 20.2 Å². The second kappa shape index (κ2) is 7.28. The third kappa shape index (κ3) is 4.61. The lowest BCUT2D eigenvalue weighted by molar-refractivity contribution is -0.137. The van der Waals surface area contributed by atoms with E-state index in [0.717, 1.165) is 19.3 Å². The fraction of sp³-hybridized carbons (Fsp3) is 0.786. The van der Waals surface area contributed by atoms with Crippen LogP contribution in [0.15, 0.2) is 0 Å². The Morgan fingerprint density at radius 1 is 1.24 bits per heavy atom. The molecular formula is C14H23N3O4. The summed E-state index contributed by atoms with van der Waals surface area (Å²) in [6.45, 7) is 2.62. The van der Waals surface area contributed by atoms with Gasteiger partial charge in [-0.2, -0.15) is 0 Å². The maximum Gasteiger partial charge on any atom is 0.320 e. The van der Waals surface area contributed by atoms with E-state index in [-0.39, 0.29) is 30.8 Å². The fourth-order valence-electron chi connectivity index (χ4n) is 2.97. The van der Waals surface area contributed by atoms with Gasteiger partial charge in [-0.25, -0.2) is 4.79 Å². The summed E-state index contributed by atoms with van der Waals surface area (Å²) in [5.41, 5.74) is 0. The number of aliphatic carboxylic acids is 1. The summed E-state index contributed by atoms with van der Waals surface area (Å²) in [4.78, 5) is 38.0.